The largest absolute Gasteiger partial charge is 0.416 e. The summed E-state index contributed by atoms with van der Waals surface area (Å²) < 4.78 is 68.8. The Morgan fingerprint density at radius 3 is 2.25 bits per heavy atom. The van der Waals surface area contributed by atoms with Gasteiger partial charge in [0.15, 0.2) is 0 Å². The second kappa shape index (κ2) is 11.0. The molecule has 3 aromatic rings. The van der Waals surface area contributed by atoms with Gasteiger partial charge in [0.1, 0.15) is 10.6 Å². The maximum absolute atomic E-state index is 12.9. The lowest BCUT2D eigenvalue weighted by molar-refractivity contribution is -0.137. The van der Waals surface area contributed by atoms with Crippen LogP contribution >= 0.6 is 0 Å². The molecule has 0 bridgehead atoms. The molecule has 1 N–H and O–H groups in total. The number of hydrogen-bond acceptors (Lipinski definition) is 4. The fourth-order valence-corrected chi connectivity index (χ4v) is 4.38. The Morgan fingerprint density at radius 1 is 0.972 bits per heavy atom. The number of benzene rings is 3. The van der Waals surface area contributed by atoms with Gasteiger partial charge in [0.05, 0.1) is 5.56 Å². The van der Waals surface area contributed by atoms with E-state index in [1.165, 1.54) is 12.1 Å². The highest BCUT2D eigenvalue weighted by Gasteiger charge is 2.32. The highest BCUT2D eigenvalue weighted by Crippen LogP contribution is 2.31. The van der Waals surface area contributed by atoms with Crippen LogP contribution in [-0.4, -0.2) is 25.4 Å². The van der Waals surface area contributed by atoms with Crippen LogP contribution in [0, 0.1) is 0 Å². The third kappa shape index (κ3) is 7.00. The Bertz CT molecular complexity index is 1310. The molecular formula is C26H27F3N2O4S. The minimum absolute atomic E-state index is 0.0620. The second-order valence-electron chi connectivity index (χ2n) is 8.41. The highest BCUT2D eigenvalue weighted by molar-refractivity contribution is 7.87. The number of nitrogens with zero attached hydrogens (tertiary/aromatic N) is 1. The van der Waals surface area contributed by atoms with Crippen molar-refractivity contribution >= 4 is 21.8 Å². The molecule has 3 rings (SSSR count). The summed E-state index contributed by atoms with van der Waals surface area (Å²) >= 11 is 0. The van der Waals surface area contributed by atoms with E-state index in [0.717, 1.165) is 30.2 Å². The number of aryl methyl sites for hydroxylation is 1. The second-order valence-corrected chi connectivity index (χ2v) is 9.96. The molecule has 3 aromatic carbocycles. The molecule has 0 atom stereocenters. The number of anilines is 1. The van der Waals surface area contributed by atoms with Crippen LogP contribution in [0.25, 0.3) is 0 Å². The van der Waals surface area contributed by atoms with E-state index in [-0.39, 0.29) is 24.4 Å². The highest BCUT2D eigenvalue weighted by atomic mass is 32.2. The van der Waals surface area contributed by atoms with Crippen LogP contribution in [0.3, 0.4) is 0 Å². The topological polar surface area (TPSA) is 75.7 Å². The Hall–Kier alpha value is -3.53. The molecule has 0 aliphatic heterocycles. The van der Waals surface area contributed by atoms with E-state index < -0.39 is 26.8 Å². The van der Waals surface area contributed by atoms with Gasteiger partial charge in [-0.25, -0.2) is 4.79 Å². The predicted octanol–water partition coefficient (Wildman–Crippen LogP) is 6.48. The number of urea groups is 1. The first-order valence-electron chi connectivity index (χ1n) is 11.3. The average molecular weight is 521 g/mol. The van der Waals surface area contributed by atoms with E-state index in [9.17, 15) is 26.4 Å². The van der Waals surface area contributed by atoms with Crippen molar-refractivity contribution in [3.8, 4) is 5.75 Å². The summed E-state index contributed by atoms with van der Waals surface area (Å²) in [4.78, 5) is 13.9. The average Bonchev–Trinajstić information content (AvgIpc) is 2.82. The minimum atomic E-state index is -4.68. The fraction of sp³-hybridized carbons (Fsp3) is 0.269. The number of alkyl halides is 3. The van der Waals surface area contributed by atoms with Crippen molar-refractivity contribution in [1.29, 1.82) is 0 Å². The third-order valence-corrected chi connectivity index (χ3v) is 6.65. The van der Waals surface area contributed by atoms with E-state index in [0.29, 0.717) is 17.3 Å². The maximum atomic E-state index is 12.9. The SMILES string of the molecule is CCc1cccc(NC(=O)N(Cc2ccc(OS(=O)(=O)c3cccc(C(F)(F)F)c3)cc2)C(C)C)c1. The van der Waals surface area contributed by atoms with Gasteiger partial charge in [-0.2, -0.15) is 21.6 Å². The molecule has 0 spiro atoms. The van der Waals surface area contributed by atoms with Crippen molar-refractivity contribution in [2.45, 2.75) is 50.9 Å². The lowest BCUT2D eigenvalue weighted by atomic mass is 10.1. The molecule has 0 radical (unpaired) electrons. The molecule has 0 heterocycles. The van der Waals surface area contributed by atoms with Crippen molar-refractivity contribution < 1.29 is 30.6 Å². The van der Waals surface area contributed by atoms with Crippen LogP contribution in [0.5, 0.6) is 5.75 Å². The van der Waals surface area contributed by atoms with Crippen LogP contribution in [0.4, 0.5) is 23.7 Å². The summed E-state index contributed by atoms with van der Waals surface area (Å²) in [5, 5.41) is 2.90. The summed E-state index contributed by atoms with van der Waals surface area (Å²) in [6.45, 7) is 6.03. The zero-order valence-electron chi connectivity index (χ0n) is 20.0. The maximum Gasteiger partial charge on any atom is 0.416 e. The van der Waals surface area contributed by atoms with E-state index >= 15 is 0 Å². The molecule has 0 saturated heterocycles. The summed E-state index contributed by atoms with van der Waals surface area (Å²) in [7, 11) is -4.47. The smallest absolute Gasteiger partial charge is 0.379 e. The summed E-state index contributed by atoms with van der Waals surface area (Å²) in [6, 6.07) is 16.5. The van der Waals surface area contributed by atoms with Gasteiger partial charge < -0.3 is 14.4 Å². The van der Waals surface area contributed by atoms with E-state index in [2.05, 4.69) is 5.32 Å². The van der Waals surface area contributed by atoms with Gasteiger partial charge in [-0.15, -0.1) is 0 Å². The molecule has 0 aliphatic carbocycles. The van der Waals surface area contributed by atoms with Gasteiger partial charge in [-0.05, 0) is 73.9 Å². The quantitative estimate of drug-likeness (QED) is 0.345. The van der Waals surface area contributed by atoms with Crippen molar-refractivity contribution in [2.75, 3.05) is 5.32 Å². The molecule has 10 heteroatoms. The molecule has 36 heavy (non-hydrogen) atoms. The number of rotatable bonds is 8. The first-order valence-corrected chi connectivity index (χ1v) is 12.7. The van der Waals surface area contributed by atoms with Gasteiger partial charge in [-0.1, -0.05) is 37.3 Å². The molecule has 0 aromatic heterocycles. The lowest BCUT2D eigenvalue weighted by Crippen LogP contribution is -2.39. The van der Waals surface area contributed by atoms with Crippen LogP contribution in [0.2, 0.25) is 0 Å². The van der Waals surface area contributed by atoms with E-state index in [1.807, 2.05) is 45.0 Å². The van der Waals surface area contributed by atoms with Gasteiger partial charge in [0.2, 0.25) is 0 Å². The predicted molar refractivity (Wildman–Crippen MR) is 131 cm³/mol. The number of carbonyl (C=O) groups is 1. The molecule has 6 nitrogen and oxygen atoms in total. The van der Waals surface area contributed by atoms with E-state index in [4.69, 9.17) is 4.18 Å². The van der Waals surface area contributed by atoms with Crippen LogP contribution in [0.1, 0.15) is 37.5 Å². The lowest BCUT2D eigenvalue weighted by Gasteiger charge is -2.27. The Labute approximate surface area is 208 Å². The zero-order valence-corrected chi connectivity index (χ0v) is 20.9. The Morgan fingerprint density at radius 2 is 1.64 bits per heavy atom. The normalized spacial score (nSPS) is 11.9. The van der Waals surface area contributed by atoms with Gasteiger partial charge in [0.25, 0.3) is 0 Å². The summed E-state index contributed by atoms with van der Waals surface area (Å²) in [5.74, 6) is -0.0620. The first-order chi connectivity index (χ1) is 16.9. The Balaban J connectivity index is 1.71. The first kappa shape index (κ1) is 27.1. The number of nitrogens with one attached hydrogen (secondary N) is 1. The molecule has 0 saturated carbocycles. The van der Waals surface area contributed by atoms with Crippen molar-refractivity contribution in [2.24, 2.45) is 0 Å². The molecular weight excluding hydrogens is 493 g/mol. The summed E-state index contributed by atoms with van der Waals surface area (Å²) in [5.41, 5.74) is 1.41. The van der Waals surface area contributed by atoms with Crippen LogP contribution < -0.4 is 9.50 Å². The molecule has 192 valence electrons. The van der Waals surface area contributed by atoms with Crippen molar-refractivity contribution in [1.82, 2.24) is 4.90 Å². The van der Waals surface area contributed by atoms with Crippen LogP contribution in [0.15, 0.2) is 77.7 Å². The number of halogens is 3. The Kier molecular flexibility index (Phi) is 8.29. The third-order valence-electron chi connectivity index (χ3n) is 5.40. The van der Waals surface area contributed by atoms with Crippen molar-refractivity contribution in [3.63, 3.8) is 0 Å². The molecule has 0 fully saturated rings. The van der Waals surface area contributed by atoms with E-state index in [1.54, 1.807) is 17.0 Å². The molecule has 0 aliphatic rings. The van der Waals surface area contributed by atoms with Crippen molar-refractivity contribution in [3.05, 3.63) is 89.5 Å². The van der Waals surface area contributed by atoms with Gasteiger partial charge >= 0.3 is 22.3 Å². The van der Waals surface area contributed by atoms with Gasteiger partial charge in [-0.3, -0.25) is 0 Å². The molecule has 0 unspecified atom stereocenters. The monoisotopic (exact) mass is 520 g/mol. The number of hydrogen-bond donors (Lipinski definition) is 1. The summed E-state index contributed by atoms with van der Waals surface area (Å²) in [6.07, 6.45) is -3.84. The zero-order chi connectivity index (χ0) is 26.5. The number of carbonyl (C=O) groups excluding carboxylic acids is 1. The molecule has 2 amide bonds. The standard InChI is InChI=1S/C26H27F3N2O4S/c1-4-19-7-5-9-22(15-19)30-25(32)31(18(2)3)17-20-11-13-23(14-12-20)35-36(33,34)24-10-6-8-21(16-24)26(27,28)29/h5-16,18H,4,17H2,1-3H3,(H,30,32). The van der Waals surface area contributed by atoms with Crippen LogP contribution in [-0.2, 0) is 29.3 Å². The minimum Gasteiger partial charge on any atom is -0.379 e. The fourth-order valence-electron chi connectivity index (χ4n) is 3.40. The van der Waals surface area contributed by atoms with Gasteiger partial charge in [0, 0.05) is 18.3 Å². The number of amides is 2.